The summed E-state index contributed by atoms with van der Waals surface area (Å²) < 4.78 is 4.65. The van der Waals surface area contributed by atoms with E-state index in [2.05, 4.69) is 9.89 Å². The van der Waals surface area contributed by atoms with Crippen LogP contribution in [0.4, 0.5) is 0 Å². The summed E-state index contributed by atoms with van der Waals surface area (Å²) in [6.45, 7) is 7.54. The lowest BCUT2D eigenvalue weighted by Gasteiger charge is -2.08. The number of benzene rings is 1. The standard InChI is InChI=1S/C21H27NO5/c1-15(2)13-18(20(24)27-21(25)19(23)14-16(3)4)22-26-12-8-11-17-9-6-5-7-10-17/h5-11,15-16H,12-14H2,1-4H3/b11-8+,22-18?. The first kappa shape index (κ1) is 22.3. The molecule has 0 amide bonds. The Balaban J connectivity index is 2.63. The second kappa shape index (κ2) is 11.8. The molecule has 0 atom stereocenters. The van der Waals surface area contributed by atoms with Gasteiger partial charge in [0.15, 0.2) is 5.71 Å². The first-order valence-corrected chi connectivity index (χ1v) is 8.99. The van der Waals surface area contributed by atoms with E-state index in [1.807, 2.05) is 50.3 Å². The minimum absolute atomic E-state index is 0.00342. The first-order valence-electron chi connectivity index (χ1n) is 8.99. The molecule has 0 aromatic heterocycles. The van der Waals surface area contributed by atoms with Gasteiger partial charge in [-0.3, -0.25) is 4.79 Å². The van der Waals surface area contributed by atoms with Crippen LogP contribution in [0.1, 0.15) is 46.1 Å². The van der Waals surface area contributed by atoms with E-state index >= 15 is 0 Å². The molecule has 0 spiro atoms. The van der Waals surface area contributed by atoms with Gasteiger partial charge < -0.3 is 9.57 Å². The molecule has 0 unspecified atom stereocenters. The van der Waals surface area contributed by atoms with Crippen molar-refractivity contribution in [2.24, 2.45) is 17.0 Å². The molecule has 0 aliphatic carbocycles. The second-order valence-corrected chi connectivity index (χ2v) is 6.94. The minimum Gasteiger partial charge on any atom is -0.391 e. The van der Waals surface area contributed by atoms with Crippen molar-refractivity contribution in [3.05, 3.63) is 42.0 Å². The summed E-state index contributed by atoms with van der Waals surface area (Å²) >= 11 is 0. The Morgan fingerprint density at radius 2 is 1.59 bits per heavy atom. The number of hydrogen-bond acceptors (Lipinski definition) is 6. The van der Waals surface area contributed by atoms with Gasteiger partial charge in [0.25, 0.3) is 0 Å². The van der Waals surface area contributed by atoms with Gasteiger partial charge in [0.1, 0.15) is 6.61 Å². The highest BCUT2D eigenvalue weighted by molar-refractivity contribution is 6.43. The summed E-state index contributed by atoms with van der Waals surface area (Å²) in [7, 11) is 0. The van der Waals surface area contributed by atoms with Crippen LogP contribution in [0.5, 0.6) is 0 Å². The summed E-state index contributed by atoms with van der Waals surface area (Å²) in [4.78, 5) is 40.7. The van der Waals surface area contributed by atoms with Gasteiger partial charge in [-0.05, 0) is 23.5 Å². The van der Waals surface area contributed by atoms with Gasteiger partial charge in [-0.2, -0.15) is 0 Å². The van der Waals surface area contributed by atoms with Crippen molar-refractivity contribution in [3.8, 4) is 0 Å². The number of esters is 2. The second-order valence-electron chi connectivity index (χ2n) is 6.94. The lowest BCUT2D eigenvalue weighted by atomic mass is 10.1. The van der Waals surface area contributed by atoms with Gasteiger partial charge in [-0.1, -0.05) is 69.3 Å². The number of oxime groups is 1. The van der Waals surface area contributed by atoms with Crippen LogP contribution in [-0.2, 0) is 24.0 Å². The monoisotopic (exact) mass is 373 g/mol. The van der Waals surface area contributed by atoms with Gasteiger partial charge in [0, 0.05) is 12.8 Å². The van der Waals surface area contributed by atoms with E-state index in [0.717, 1.165) is 5.56 Å². The molecule has 1 aromatic carbocycles. The summed E-state index contributed by atoms with van der Waals surface area (Å²) in [5.74, 6) is -2.73. The van der Waals surface area contributed by atoms with E-state index in [-0.39, 0.29) is 37.0 Å². The molecular formula is C21H27NO5. The third-order valence-electron chi connectivity index (χ3n) is 3.30. The molecule has 0 aliphatic heterocycles. The van der Waals surface area contributed by atoms with Gasteiger partial charge in [0.2, 0.25) is 5.78 Å². The van der Waals surface area contributed by atoms with Crippen LogP contribution in [0.3, 0.4) is 0 Å². The number of carbonyl (C=O) groups is 3. The molecule has 0 saturated heterocycles. The number of ether oxygens (including phenoxy) is 1. The largest absolute Gasteiger partial charge is 0.391 e. The fraction of sp³-hybridized carbons (Fsp3) is 0.429. The zero-order valence-corrected chi connectivity index (χ0v) is 16.3. The molecule has 0 N–H and O–H groups in total. The van der Waals surface area contributed by atoms with Crippen LogP contribution in [0.15, 0.2) is 41.6 Å². The maximum Gasteiger partial charge on any atom is 0.382 e. The molecule has 6 heteroatoms. The number of hydrogen-bond donors (Lipinski definition) is 0. The van der Waals surface area contributed by atoms with Gasteiger partial charge in [-0.25, -0.2) is 9.59 Å². The van der Waals surface area contributed by atoms with Crippen LogP contribution in [-0.4, -0.2) is 30.0 Å². The summed E-state index contributed by atoms with van der Waals surface area (Å²) in [6, 6.07) is 9.66. The highest BCUT2D eigenvalue weighted by Gasteiger charge is 2.24. The van der Waals surface area contributed by atoms with Gasteiger partial charge in [0.05, 0.1) is 0 Å². The fourth-order valence-electron chi connectivity index (χ4n) is 2.11. The number of ketones is 1. The predicted octanol–water partition coefficient (Wildman–Crippen LogP) is 3.80. The van der Waals surface area contributed by atoms with Gasteiger partial charge >= 0.3 is 11.9 Å². The number of Topliss-reactive ketones (excluding diaryl/α,β-unsaturated/α-hetero) is 1. The van der Waals surface area contributed by atoms with E-state index in [4.69, 9.17) is 4.84 Å². The van der Waals surface area contributed by atoms with Crippen LogP contribution < -0.4 is 0 Å². The number of nitrogens with zero attached hydrogens (tertiary/aromatic N) is 1. The van der Waals surface area contributed by atoms with E-state index < -0.39 is 17.7 Å². The fourth-order valence-corrected chi connectivity index (χ4v) is 2.11. The third kappa shape index (κ3) is 9.49. The lowest BCUT2D eigenvalue weighted by Crippen LogP contribution is -2.28. The first-order chi connectivity index (χ1) is 12.8. The Morgan fingerprint density at radius 1 is 0.963 bits per heavy atom. The average Bonchev–Trinajstić information content (AvgIpc) is 2.60. The van der Waals surface area contributed by atoms with E-state index in [0.29, 0.717) is 0 Å². The van der Waals surface area contributed by atoms with Crippen molar-refractivity contribution < 1.29 is 24.0 Å². The molecule has 1 rings (SSSR count). The van der Waals surface area contributed by atoms with Crippen molar-refractivity contribution in [3.63, 3.8) is 0 Å². The maximum absolute atomic E-state index is 12.1. The summed E-state index contributed by atoms with van der Waals surface area (Å²) in [6.07, 6.45) is 3.93. The van der Waals surface area contributed by atoms with Crippen LogP contribution in [0, 0.1) is 11.8 Å². The molecule has 146 valence electrons. The average molecular weight is 373 g/mol. The zero-order valence-electron chi connectivity index (χ0n) is 16.3. The zero-order chi connectivity index (χ0) is 20.2. The lowest BCUT2D eigenvalue weighted by molar-refractivity contribution is -0.161. The number of carbonyl (C=O) groups excluding carboxylic acids is 3. The molecule has 0 saturated carbocycles. The molecule has 0 bridgehead atoms. The SMILES string of the molecule is CC(C)CC(=O)C(=O)OC(=O)C(CC(C)C)=NOC/C=C/c1ccccc1. The Kier molecular flexibility index (Phi) is 9.72. The maximum atomic E-state index is 12.1. The molecule has 0 radical (unpaired) electrons. The predicted molar refractivity (Wildman–Crippen MR) is 104 cm³/mol. The highest BCUT2D eigenvalue weighted by atomic mass is 16.6. The highest BCUT2D eigenvalue weighted by Crippen LogP contribution is 2.07. The van der Waals surface area contributed by atoms with Crippen LogP contribution in [0.25, 0.3) is 6.08 Å². The Bertz CT molecular complexity index is 690. The molecule has 1 aromatic rings. The Labute approximate surface area is 160 Å². The Morgan fingerprint density at radius 3 is 2.19 bits per heavy atom. The van der Waals surface area contributed by atoms with Crippen molar-refractivity contribution in [2.75, 3.05) is 6.61 Å². The van der Waals surface area contributed by atoms with E-state index in [1.54, 1.807) is 19.9 Å². The summed E-state index contributed by atoms with van der Waals surface area (Å²) in [5, 5.41) is 3.80. The Hall–Kier alpha value is -2.76. The van der Waals surface area contributed by atoms with Crippen LogP contribution in [0.2, 0.25) is 0 Å². The normalized spacial score (nSPS) is 11.9. The number of rotatable bonds is 10. The van der Waals surface area contributed by atoms with Crippen molar-refractivity contribution >= 4 is 29.5 Å². The van der Waals surface area contributed by atoms with E-state index in [9.17, 15) is 14.4 Å². The summed E-state index contributed by atoms with van der Waals surface area (Å²) in [5.41, 5.74) is 0.991. The van der Waals surface area contributed by atoms with Crippen molar-refractivity contribution in [1.82, 2.24) is 0 Å². The van der Waals surface area contributed by atoms with Crippen molar-refractivity contribution in [1.29, 1.82) is 0 Å². The topological polar surface area (TPSA) is 82.0 Å². The molecule has 6 nitrogen and oxygen atoms in total. The smallest absolute Gasteiger partial charge is 0.382 e. The van der Waals surface area contributed by atoms with Crippen LogP contribution >= 0.6 is 0 Å². The third-order valence-corrected chi connectivity index (χ3v) is 3.30. The molecule has 27 heavy (non-hydrogen) atoms. The van der Waals surface area contributed by atoms with Gasteiger partial charge in [-0.15, -0.1) is 0 Å². The minimum atomic E-state index is -1.16. The van der Waals surface area contributed by atoms with E-state index in [1.165, 1.54) is 0 Å². The molecular weight excluding hydrogens is 346 g/mol. The molecule has 0 fully saturated rings. The van der Waals surface area contributed by atoms with Crippen molar-refractivity contribution in [2.45, 2.75) is 40.5 Å². The molecule has 0 heterocycles. The quantitative estimate of drug-likeness (QED) is 0.156. The molecule has 0 aliphatic rings.